The molecule has 0 spiro atoms. The summed E-state index contributed by atoms with van der Waals surface area (Å²) in [5.74, 6) is 1.73. The number of aromatic nitrogens is 3. The minimum Gasteiger partial charge on any atom is -0.378 e. The van der Waals surface area contributed by atoms with Crippen molar-refractivity contribution < 1.29 is 9.53 Å². The number of nitrogens with zero attached hydrogens (tertiary/aromatic N) is 3. The van der Waals surface area contributed by atoms with Gasteiger partial charge in [-0.1, -0.05) is 18.0 Å². The lowest BCUT2D eigenvalue weighted by atomic mass is 10.1. The Morgan fingerprint density at radius 3 is 3.11 bits per heavy atom. The van der Waals surface area contributed by atoms with Crippen molar-refractivity contribution in [2.75, 3.05) is 25.1 Å². The number of halogens is 1. The summed E-state index contributed by atoms with van der Waals surface area (Å²) >= 11 is 6.44. The van der Waals surface area contributed by atoms with Crippen LogP contribution >= 0.6 is 11.6 Å². The van der Waals surface area contributed by atoms with Crippen LogP contribution in [-0.4, -0.2) is 46.5 Å². The molecule has 1 atom stereocenters. The fraction of sp³-hybridized carbons (Fsp3) is 0.526. The SMILES string of the molecule is O=C(CC1COCCN1)Nc1ccc(Cl)c(-c2nnc3n2CCCCC3)c1. The van der Waals surface area contributed by atoms with Gasteiger partial charge in [-0.2, -0.15) is 0 Å². The van der Waals surface area contributed by atoms with Crippen LogP contribution in [0.4, 0.5) is 5.69 Å². The van der Waals surface area contributed by atoms with E-state index in [0.29, 0.717) is 30.3 Å². The Kier molecular flexibility index (Phi) is 5.71. The van der Waals surface area contributed by atoms with Crippen LogP contribution < -0.4 is 10.6 Å². The Bertz CT molecular complexity index is 816. The molecule has 8 heteroatoms. The number of amides is 1. The van der Waals surface area contributed by atoms with Gasteiger partial charge < -0.3 is 19.9 Å². The van der Waals surface area contributed by atoms with Crippen LogP contribution in [0.5, 0.6) is 0 Å². The Balaban J connectivity index is 1.52. The number of carbonyl (C=O) groups is 1. The van der Waals surface area contributed by atoms with E-state index in [2.05, 4.69) is 25.4 Å². The number of hydrogen-bond acceptors (Lipinski definition) is 5. The number of hydrogen-bond donors (Lipinski definition) is 2. The lowest BCUT2D eigenvalue weighted by Gasteiger charge is -2.23. The molecule has 0 bridgehead atoms. The van der Waals surface area contributed by atoms with Gasteiger partial charge in [-0.25, -0.2) is 0 Å². The number of benzene rings is 1. The van der Waals surface area contributed by atoms with Gasteiger partial charge in [0.05, 0.1) is 18.2 Å². The van der Waals surface area contributed by atoms with E-state index in [4.69, 9.17) is 16.3 Å². The van der Waals surface area contributed by atoms with E-state index in [0.717, 1.165) is 49.6 Å². The van der Waals surface area contributed by atoms with Crippen LogP contribution in [0.1, 0.15) is 31.5 Å². The molecule has 1 saturated heterocycles. The van der Waals surface area contributed by atoms with Crippen molar-refractivity contribution >= 4 is 23.2 Å². The highest BCUT2D eigenvalue weighted by Gasteiger charge is 2.20. The molecule has 2 aliphatic heterocycles. The highest BCUT2D eigenvalue weighted by molar-refractivity contribution is 6.33. The quantitative estimate of drug-likeness (QED) is 0.840. The maximum absolute atomic E-state index is 12.4. The average Bonchev–Trinajstić information content (AvgIpc) is 2.92. The molecule has 1 aromatic carbocycles. The van der Waals surface area contributed by atoms with E-state index in [1.54, 1.807) is 6.07 Å². The summed E-state index contributed by atoms with van der Waals surface area (Å²) in [5.41, 5.74) is 1.51. The molecule has 1 fully saturated rings. The molecule has 0 saturated carbocycles. The Hall–Kier alpha value is -1.96. The lowest BCUT2D eigenvalue weighted by molar-refractivity contribution is -0.117. The van der Waals surface area contributed by atoms with Crippen molar-refractivity contribution in [3.63, 3.8) is 0 Å². The van der Waals surface area contributed by atoms with Gasteiger partial charge in [-0.05, 0) is 31.0 Å². The Morgan fingerprint density at radius 1 is 1.33 bits per heavy atom. The number of fused-ring (bicyclic) bond motifs is 1. The van der Waals surface area contributed by atoms with Crippen LogP contribution in [-0.2, 0) is 22.5 Å². The molecule has 1 aromatic heterocycles. The molecule has 1 amide bonds. The predicted molar refractivity (Wildman–Crippen MR) is 104 cm³/mol. The van der Waals surface area contributed by atoms with E-state index < -0.39 is 0 Å². The van der Waals surface area contributed by atoms with Gasteiger partial charge >= 0.3 is 0 Å². The number of aryl methyl sites for hydroxylation is 1. The summed E-state index contributed by atoms with van der Waals surface area (Å²) in [6, 6.07) is 5.55. The predicted octanol–water partition coefficient (Wildman–Crippen LogP) is 2.64. The van der Waals surface area contributed by atoms with Crippen molar-refractivity contribution in [2.24, 2.45) is 0 Å². The second kappa shape index (κ2) is 8.37. The van der Waals surface area contributed by atoms with Crippen LogP contribution in [0.25, 0.3) is 11.4 Å². The molecule has 2 aromatic rings. The van der Waals surface area contributed by atoms with Gasteiger partial charge in [0.2, 0.25) is 5.91 Å². The van der Waals surface area contributed by atoms with Crippen molar-refractivity contribution in [2.45, 2.75) is 44.7 Å². The molecule has 2 N–H and O–H groups in total. The number of rotatable bonds is 4. The van der Waals surface area contributed by atoms with Crippen LogP contribution in [0.2, 0.25) is 5.02 Å². The smallest absolute Gasteiger partial charge is 0.226 e. The maximum atomic E-state index is 12.4. The van der Waals surface area contributed by atoms with E-state index in [1.807, 2.05) is 12.1 Å². The summed E-state index contributed by atoms with van der Waals surface area (Å²) < 4.78 is 7.56. The molecule has 4 rings (SSSR count). The summed E-state index contributed by atoms with van der Waals surface area (Å²) in [6.07, 6.45) is 4.77. The normalized spacial score (nSPS) is 20.0. The summed E-state index contributed by atoms with van der Waals surface area (Å²) in [7, 11) is 0. The molecule has 1 unspecified atom stereocenters. The zero-order chi connectivity index (χ0) is 18.6. The molecule has 27 heavy (non-hydrogen) atoms. The van der Waals surface area contributed by atoms with E-state index >= 15 is 0 Å². The first-order valence-electron chi connectivity index (χ1n) is 9.53. The second-order valence-corrected chi connectivity index (χ2v) is 7.48. The molecule has 0 radical (unpaired) electrons. The third-order valence-electron chi connectivity index (χ3n) is 5.03. The van der Waals surface area contributed by atoms with Gasteiger partial charge in [-0.15, -0.1) is 10.2 Å². The molecule has 3 heterocycles. The lowest BCUT2D eigenvalue weighted by Crippen LogP contribution is -2.43. The van der Waals surface area contributed by atoms with Gasteiger partial charge in [0, 0.05) is 43.2 Å². The summed E-state index contributed by atoms with van der Waals surface area (Å²) in [6.45, 7) is 2.94. The van der Waals surface area contributed by atoms with Gasteiger partial charge in [0.25, 0.3) is 0 Å². The molecule has 7 nitrogen and oxygen atoms in total. The van der Waals surface area contributed by atoms with Gasteiger partial charge in [0.15, 0.2) is 5.82 Å². The second-order valence-electron chi connectivity index (χ2n) is 7.08. The zero-order valence-electron chi connectivity index (χ0n) is 15.2. The van der Waals surface area contributed by atoms with E-state index in [-0.39, 0.29) is 11.9 Å². The number of anilines is 1. The molecule has 0 aliphatic carbocycles. The maximum Gasteiger partial charge on any atom is 0.226 e. The minimum atomic E-state index is -0.0497. The highest BCUT2D eigenvalue weighted by atomic mass is 35.5. The Morgan fingerprint density at radius 2 is 2.26 bits per heavy atom. The Labute approximate surface area is 163 Å². The third-order valence-corrected chi connectivity index (χ3v) is 5.36. The zero-order valence-corrected chi connectivity index (χ0v) is 16.0. The van der Waals surface area contributed by atoms with E-state index in [1.165, 1.54) is 6.42 Å². The van der Waals surface area contributed by atoms with Crippen LogP contribution in [0.15, 0.2) is 18.2 Å². The highest BCUT2D eigenvalue weighted by Crippen LogP contribution is 2.31. The first kappa shape index (κ1) is 18.4. The fourth-order valence-corrected chi connectivity index (χ4v) is 3.85. The topological polar surface area (TPSA) is 81.1 Å². The number of ether oxygens (including phenoxy) is 1. The van der Waals surface area contributed by atoms with Crippen molar-refractivity contribution in [3.05, 3.63) is 29.0 Å². The first-order chi connectivity index (χ1) is 13.2. The number of carbonyl (C=O) groups excluding carboxylic acids is 1. The summed E-state index contributed by atoms with van der Waals surface area (Å²) in [4.78, 5) is 12.4. The molecular formula is C19H24ClN5O2. The first-order valence-corrected chi connectivity index (χ1v) is 9.91. The number of morpholine rings is 1. The summed E-state index contributed by atoms with van der Waals surface area (Å²) in [5, 5.41) is 15.6. The monoisotopic (exact) mass is 389 g/mol. The average molecular weight is 390 g/mol. The van der Waals surface area contributed by atoms with Crippen molar-refractivity contribution in [1.29, 1.82) is 0 Å². The van der Waals surface area contributed by atoms with Gasteiger partial charge in [-0.3, -0.25) is 4.79 Å². The molecule has 144 valence electrons. The largest absolute Gasteiger partial charge is 0.378 e. The van der Waals surface area contributed by atoms with Gasteiger partial charge in [0.1, 0.15) is 5.82 Å². The molecule has 2 aliphatic rings. The van der Waals surface area contributed by atoms with E-state index in [9.17, 15) is 4.79 Å². The van der Waals surface area contributed by atoms with Crippen molar-refractivity contribution in [3.8, 4) is 11.4 Å². The van der Waals surface area contributed by atoms with Crippen molar-refractivity contribution in [1.82, 2.24) is 20.1 Å². The van der Waals surface area contributed by atoms with Crippen LogP contribution in [0.3, 0.4) is 0 Å². The fourth-order valence-electron chi connectivity index (χ4n) is 3.65. The number of nitrogens with one attached hydrogen (secondary N) is 2. The van der Waals surface area contributed by atoms with Crippen LogP contribution in [0, 0.1) is 0 Å². The standard InChI is InChI=1S/C19H24ClN5O2/c20-16-6-5-13(22-18(26)11-14-12-27-9-7-21-14)10-15(16)19-24-23-17-4-2-1-3-8-25(17)19/h5-6,10,14,21H,1-4,7-9,11-12H2,(H,22,26). The molecular weight excluding hydrogens is 366 g/mol. The minimum absolute atomic E-state index is 0.0497. The third kappa shape index (κ3) is 4.31.